The zero-order valence-corrected chi connectivity index (χ0v) is 10.4. The normalized spacial score (nSPS) is 17.9. The van der Waals surface area contributed by atoms with Crippen molar-refractivity contribution < 1.29 is 14.7 Å². The molecule has 1 atom stereocenters. The topological polar surface area (TPSA) is 69.6 Å². The number of carbonyl (C=O) groups is 2. The lowest BCUT2D eigenvalue weighted by Gasteiger charge is -2.16. The van der Waals surface area contributed by atoms with Crippen LogP contribution in [0.15, 0.2) is 0 Å². The Morgan fingerprint density at radius 1 is 1.29 bits per heavy atom. The van der Waals surface area contributed by atoms with E-state index in [9.17, 15) is 9.59 Å². The van der Waals surface area contributed by atoms with E-state index in [2.05, 4.69) is 10.2 Å². The Balaban J connectivity index is 2.08. The maximum atomic E-state index is 11.6. The van der Waals surface area contributed by atoms with E-state index in [4.69, 9.17) is 5.11 Å². The summed E-state index contributed by atoms with van der Waals surface area (Å²) in [5.41, 5.74) is 0. The molecule has 0 aromatic heterocycles. The van der Waals surface area contributed by atoms with Crippen LogP contribution in [0.3, 0.4) is 0 Å². The van der Waals surface area contributed by atoms with Crippen LogP contribution in [-0.2, 0) is 9.59 Å². The predicted octanol–water partition coefficient (Wildman–Crippen LogP) is 0.842. The molecule has 1 aliphatic rings. The number of nitrogens with zero attached hydrogens (tertiary/aromatic N) is 1. The quantitative estimate of drug-likeness (QED) is 0.694. The van der Waals surface area contributed by atoms with Gasteiger partial charge in [0.05, 0.1) is 0 Å². The molecule has 5 nitrogen and oxygen atoms in total. The molecule has 1 rings (SSSR count). The molecule has 0 aliphatic carbocycles. The summed E-state index contributed by atoms with van der Waals surface area (Å²) in [5.74, 6) is -0.794. The average Bonchev–Trinajstić information content (AvgIpc) is 2.76. The van der Waals surface area contributed by atoms with Crippen molar-refractivity contribution in [3.8, 4) is 0 Å². The van der Waals surface area contributed by atoms with Gasteiger partial charge < -0.3 is 15.3 Å². The molecule has 0 aromatic rings. The van der Waals surface area contributed by atoms with Crippen molar-refractivity contribution in [1.29, 1.82) is 0 Å². The monoisotopic (exact) mass is 242 g/mol. The first kappa shape index (κ1) is 14.0. The first-order valence-electron chi connectivity index (χ1n) is 6.31. The molecule has 98 valence electrons. The van der Waals surface area contributed by atoms with Gasteiger partial charge >= 0.3 is 5.97 Å². The van der Waals surface area contributed by atoms with Crippen molar-refractivity contribution in [3.05, 3.63) is 0 Å². The van der Waals surface area contributed by atoms with Crippen molar-refractivity contribution in [2.45, 2.75) is 45.1 Å². The van der Waals surface area contributed by atoms with Crippen LogP contribution in [0.4, 0.5) is 0 Å². The molecule has 2 N–H and O–H groups in total. The molecule has 1 saturated heterocycles. The van der Waals surface area contributed by atoms with Crippen LogP contribution in [-0.4, -0.2) is 47.6 Å². The zero-order chi connectivity index (χ0) is 12.7. The fourth-order valence-electron chi connectivity index (χ4n) is 2.03. The molecular weight excluding hydrogens is 220 g/mol. The molecule has 5 heteroatoms. The van der Waals surface area contributed by atoms with E-state index in [1.165, 1.54) is 12.8 Å². The fourth-order valence-corrected chi connectivity index (χ4v) is 2.03. The highest BCUT2D eigenvalue weighted by Crippen LogP contribution is 2.07. The summed E-state index contributed by atoms with van der Waals surface area (Å²) in [7, 11) is 0. The van der Waals surface area contributed by atoms with Gasteiger partial charge in [0, 0.05) is 25.4 Å². The Morgan fingerprint density at radius 3 is 2.53 bits per heavy atom. The summed E-state index contributed by atoms with van der Waals surface area (Å²) in [5, 5.41) is 11.4. The summed E-state index contributed by atoms with van der Waals surface area (Å²) in [6, 6.07) is -0.0582. The molecule has 0 aromatic carbocycles. The number of amides is 1. The van der Waals surface area contributed by atoms with Gasteiger partial charge in [0.2, 0.25) is 5.91 Å². The summed E-state index contributed by atoms with van der Waals surface area (Å²) >= 11 is 0. The van der Waals surface area contributed by atoms with Crippen LogP contribution in [0.2, 0.25) is 0 Å². The standard InChI is InChI=1S/C12H22N2O3/c1-10(4-5-12(16)17)13-11(15)6-9-14-7-2-3-8-14/h10H,2-9H2,1H3,(H,13,15)(H,16,17). The maximum Gasteiger partial charge on any atom is 0.303 e. The third-order valence-corrected chi connectivity index (χ3v) is 3.05. The number of carboxylic acids is 1. The van der Waals surface area contributed by atoms with Gasteiger partial charge in [-0.25, -0.2) is 0 Å². The predicted molar refractivity (Wildman–Crippen MR) is 64.8 cm³/mol. The Hall–Kier alpha value is -1.10. The van der Waals surface area contributed by atoms with E-state index in [1.807, 2.05) is 6.92 Å². The Bertz CT molecular complexity index is 262. The number of hydrogen-bond donors (Lipinski definition) is 2. The van der Waals surface area contributed by atoms with Crippen LogP contribution in [0, 0.1) is 0 Å². The molecule has 0 saturated carbocycles. The smallest absolute Gasteiger partial charge is 0.303 e. The van der Waals surface area contributed by atoms with Gasteiger partial charge in [-0.1, -0.05) is 0 Å². The minimum atomic E-state index is -0.817. The third-order valence-electron chi connectivity index (χ3n) is 3.05. The lowest BCUT2D eigenvalue weighted by molar-refractivity contribution is -0.137. The summed E-state index contributed by atoms with van der Waals surface area (Å²) in [6.45, 7) is 4.86. The van der Waals surface area contributed by atoms with E-state index < -0.39 is 5.97 Å². The van der Waals surface area contributed by atoms with Gasteiger partial charge in [0.1, 0.15) is 0 Å². The van der Waals surface area contributed by atoms with E-state index in [1.54, 1.807) is 0 Å². The van der Waals surface area contributed by atoms with E-state index >= 15 is 0 Å². The fraction of sp³-hybridized carbons (Fsp3) is 0.833. The number of nitrogens with one attached hydrogen (secondary N) is 1. The third kappa shape index (κ3) is 6.26. The number of aliphatic carboxylic acids is 1. The first-order chi connectivity index (χ1) is 8.08. The van der Waals surface area contributed by atoms with E-state index in [-0.39, 0.29) is 18.4 Å². The van der Waals surface area contributed by atoms with Crippen LogP contribution in [0.25, 0.3) is 0 Å². The lowest BCUT2D eigenvalue weighted by atomic mass is 10.2. The molecule has 1 fully saturated rings. The van der Waals surface area contributed by atoms with Crippen molar-refractivity contribution in [2.75, 3.05) is 19.6 Å². The van der Waals surface area contributed by atoms with Gasteiger partial charge in [0.15, 0.2) is 0 Å². The van der Waals surface area contributed by atoms with Crippen molar-refractivity contribution in [3.63, 3.8) is 0 Å². The van der Waals surface area contributed by atoms with Crippen LogP contribution in [0.1, 0.15) is 39.0 Å². The van der Waals surface area contributed by atoms with Gasteiger partial charge in [-0.15, -0.1) is 0 Å². The summed E-state index contributed by atoms with van der Waals surface area (Å²) in [4.78, 5) is 24.2. The SMILES string of the molecule is CC(CCC(=O)O)NC(=O)CCN1CCCC1. The highest BCUT2D eigenvalue weighted by Gasteiger charge is 2.14. The van der Waals surface area contributed by atoms with E-state index in [0.717, 1.165) is 19.6 Å². The zero-order valence-electron chi connectivity index (χ0n) is 10.4. The molecule has 1 unspecified atom stereocenters. The molecule has 1 heterocycles. The van der Waals surface area contributed by atoms with Crippen LogP contribution >= 0.6 is 0 Å². The van der Waals surface area contributed by atoms with Gasteiger partial charge in [-0.3, -0.25) is 9.59 Å². The molecule has 0 spiro atoms. The highest BCUT2D eigenvalue weighted by atomic mass is 16.4. The first-order valence-corrected chi connectivity index (χ1v) is 6.31. The molecule has 0 radical (unpaired) electrons. The van der Waals surface area contributed by atoms with Crippen LogP contribution < -0.4 is 5.32 Å². The number of rotatable bonds is 7. The minimum Gasteiger partial charge on any atom is -0.481 e. The number of hydrogen-bond acceptors (Lipinski definition) is 3. The number of carboxylic acid groups (broad SMARTS) is 1. The van der Waals surface area contributed by atoms with Crippen molar-refractivity contribution in [1.82, 2.24) is 10.2 Å². The Labute approximate surface area is 102 Å². The van der Waals surface area contributed by atoms with E-state index in [0.29, 0.717) is 12.8 Å². The highest BCUT2D eigenvalue weighted by molar-refractivity contribution is 5.76. The second kappa shape index (κ2) is 7.27. The maximum absolute atomic E-state index is 11.6. The van der Waals surface area contributed by atoms with Crippen LogP contribution in [0.5, 0.6) is 0 Å². The summed E-state index contributed by atoms with van der Waals surface area (Å²) < 4.78 is 0. The number of likely N-dealkylation sites (tertiary alicyclic amines) is 1. The summed E-state index contributed by atoms with van der Waals surface area (Å²) in [6.07, 6.45) is 3.57. The Kier molecular flexibility index (Phi) is 5.97. The molecule has 17 heavy (non-hydrogen) atoms. The number of carbonyl (C=O) groups excluding carboxylic acids is 1. The second-order valence-corrected chi connectivity index (χ2v) is 4.70. The second-order valence-electron chi connectivity index (χ2n) is 4.70. The van der Waals surface area contributed by atoms with Gasteiger partial charge in [-0.05, 0) is 39.3 Å². The largest absolute Gasteiger partial charge is 0.481 e. The molecule has 1 aliphatic heterocycles. The Morgan fingerprint density at radius 2 is 1.94 bits per heavy atom. The van der Waals surface area contributed by atoms with Gasteiger partial charge in [-0.2, -0.15) is 0 Å². The molecular formula is C12H22N2O3. The average molecular weight is 242 g/mol. The van der Waals surface area contributed by atoms with Gasteiger partial charge in [0.25, 0.3) is 0 Å². The minimum absolute atomic E-state index is 0.0230. The van der Waals surface area contributed by atoms with Crippen molar-refractivity contribution >= 4 is 11.9 Å². The van der Waals surface area contributed by atoms with Crippen molar-refractivity contribution in [2.24, 2.45) is 0 Å². The molecule has 1 amide bonds. The molecule has 0 bridgehead atoms. The lowest BCUT2D eigenvalue weighted by Crippen LogP contribution is -2.35.